The molecule has 3 saturated heterocycles. The first kappa shape index (κ1) is 27.1. The predicted octanol–water partition coefficient (Wildman–Crippen LogP) is 3.55. The number of rotatable bonds is 11. The van der Waals surface area contributed by atoms with E-state index in [4.69, 9.17) is 21.4 Å². The van der Waals surface area contributed by atoms with Crippen molar-refractivity contribution in [2.45, 2.75) is 61.6 Å². The summed E-state index contributed by atoms with van der Waals surface area (Å²) in [5.74, 6) is -3.76. The number of carboxylic acids is 1. The quantitative estimate of drug-likeness (QED) is 0.234. The number of aliphatic carboxylic acids is 1. The molecule has 196 valence electrons. The number of anilines is 1. The molecule has 8 nitrogen and oxygen atoms in total. The Kier molecular flexibility index (Phi) is 8.14. The largest absolute Gasteiger partial charge is 0.481 e. The molecule has 2 N–H and O–H groups in total. The van der Waals surface area contributed by atoms with Crippen LogP contribution in [0, 0.1) is 18.8 Å². The van der Waals surface area contributed by atoms with Gasteiger partial charge in [-0.3, -0.25) is 14.4 Å². The smallest absolute Gasteiger partial charge is 0.310 e. The summed E-state index contributed by atoms with van der Waals surface area (Å²) in [6.07, 6.45) is 4.14. The Morgan fingerprint density at radius 2 is 2.06 bits per heavy atom. The molecule has 3 aliphatic rings. The SMILES string of the molecule is C=CCN(C(=O)C1N(CCCCCCO)C(=O)[C@@H]2[C@@H](C(=O)O)[C@@H]3OC12CC3Br)c1c(C)cccc1Cl. The van der Waals surface area contributed by atoms with Crippen molar-refractivity contribution in [1.29, 1.82) is 0 Å². The second-order valence-corrected chi connectivity index (χ2v) is 11.4. The van der Waals surface area contributed by atoms with Gasteiger partial charge in [-0.05, 0) is 37.8 Å². The van der Waals surface area contributed by atoms with Gasteiger partial charge >= 0.3 is 5.97 Å². The molecule has 0 saturated carbocycles. The Hall–Kier alpha value is -1.94. The fourth-order valence-corrected chi connectivity index (χ4v) is 7.48. The van der Waals surface area contributed by atoms with Crippen LogP contribution in [0.3, 0.4) is 0 Å². The number of carbonyl (C=O) groups excluding carboxylic acids is 2. The van der Waals surface area contributed by atoms with Crippen molar-refractivity contribution in [2.75, 3.05) is 24.6 Å². The van der Waals surface area contributed by atoms with E-state index >= 15 is 0 Å². The third-order valence-electron chi connectivity index (χ3n) is 7.65. The molecule has 1 spiro atoms. The van der Waals surface area contributed by atoms with E-state index in [1.165, 1.54) is 9.80 Å². The fraction of sp³-hybridized carbons (Fsp3) is 0.577. The summed E-state index contributed by atoms with van der Waals surface area (Å²) in [7, 11) is 0. The number of hydrogen-bond acceptors (Lipinski definition) is 5. The van der Waals surface area contributed by atoms with Crippen LogP contribution in [0.4, 0.5) is 5.69 Å². The number of hydrogen-bond donors (Lipinski definition) is 2. The van der Waals surface area contributed by atoms with E-state index in [1.807, 2.05) is 13.0 Å². The monoisotopic (exact) mass is 582 g/mol. The average Bonchev–Trinajstić information content (AvgIpc) is 3.41. The zero-order chi connectivity index (χ0) is 26.2. The third-order valence-corrected chi connectivity index (χ3v) is 8.80. The lowest BCUT2D eigenvalue weighted by molar-refractivity contribution is -0.149. The number of benzene rings is 1. The Bertz CT molecular complexity index is 1030. The lowest BCUT2D eigenvalue weighted by Crippen LogP contribution is -2.57. The number of para-hydroxylation sites is 1. The van der Waals surface area contributed by atoms with Crippen LogP contribution in [0.2, 0.25) is 5.02 Å². The molecule has 0 aliphatic carbocycles. The van der Waals surface area contributed by atoms with E-state index in [0.717, 1.165) is 18.4 Å². The van der Waals surface area contributed by atoms with E-state index in [2.05, 4.69) is 22.5 Å². The molecule has 2 amide bonds. The molecule has 3 fully saturated rings. The summed E-state index contributed by atoms with van der Waals surface area (Å²) in [6, 6.07) is 4.38. The highest BCUT2D eigenvalue weighted by atomic mass is 79.9. The number of fused-ring (bicyclic) bond motifs is 1. The van der Waals surface area contributed by atoms with E-state index < -0.39 is 35.6 Å². The van der Waals surface area contributed by atoms with Crippen molar-refractivity contribution in [3.63, 3.8) is 0 Å². The van der Waals surface area contributed by atoms with Crippen LogP contribution in [0.1, 0.15) is 37.7 Å². The molecule has 3 aliphatic heterocycles. The number of aliphatic hydroxyl groups is 1. The van der Waals surface area contributed by atoms with Crippen molar-refractivity contribution in [2.24, 2.45) is 11.8 Å². The van der Waals surface area contributed by atoms with Crippen molar-refractivity contribution < 1.29 is 29.3 Å². The predicted molar refractivity (Wildman–Crippen MR) is 139 cm³/mol. The van der Waals surface area contributed by atoms with Gasteiger partial charge in [0.2, 0.25) is 5.91 Å². The lowest BCUT2D eigenvalue weighted by atomic mass is 9.70. The number of carboxylic acid groups (broad SMARTS) is 1. The molecule has 3 unspecified atom stereocenters. The maximum absolute atomic E-state index is 14.4. The number of alkyl halides is 1. The summed E-state index contributed by atoms with van der Waals surface area (Å²) in [5, 5.41) is 19.5. The lowest BCUT2D eigenvalue weighted by Gasteiger charge is -2.37. The summed E-state index contributed by atoms with van der Waals surface area (Å²) in [6.45, 7) is 6.24. The molecule has 36 heavy (non-hydrogen) atoms. The highest BCUT2D eigenvalue weighted by Gasteiger charge is 2.76. The standard InChI is InChI=1S/C26H32BrClN2O6/c1-3-11-29(20-15(2)9-8-10-17(20)28)24(33)22-26-14-16(27)21(36-26)18(25(34)35)19(26)23(32)30(22)12-6-4-5-7-13-31/h3,8-10,16,18-19,21-22,31H,1,4-7,11-14H2,2H3,(H,34,35)/t16?,18-,19+,21-,22?,26?/m1/s1. The first-order valence-electron chi connectivity index (χ1n) is 12.3. The second kappa shape index (κ2) is 10.8. The maximum atomic E-state index is 14.4. The van der Waals surface area contributed by atoms with Gasteiger partial charge in [0.25, 0.3) is 5.91 Å². The number of ether oxygens (including phenoxy) is 1. The fourth-order valence-electron chi connectivity index (χ4n) is 6.21. The Morgan fingerprint density at radius 3 is 2.69 bits per heavy atom. The first-order chi connectivity index (χ1) is 17.2. The minimum atomic E-state index is -1.24. The number of unbranched alkanes of at least 4 members (excludes halogenated alkanes) is 3. The van der Waals surface area contributed by atoms with Crippen LogP contribution in [0.15, 0.2) is 30.9 Å². The molecule has 6 atom stereocenters. The van der Waals surface area contributed by atoms with Gasteiger partial charge in [-0.2, -0.15) is 0 Å². The van der Waals surface area contributed by atoms with Crippen LogP contribution < -0.4 is 4.90 Å². The number of nitrogens with zero attached hydrogens (tertiary/aromatic N) is 2. The minimum absolute atomic E-state index is 0.102. The highest BCUT2D eigenvalue weighted by Crippen LogP contribution is 2.60. The van der Waals surface area contributed by atoms with Crippen LogP contribution in [0.25, 0.3) is 0 Å². The normalized spacial score (nSPS) is 30.5. The van der Waals surface area contributed by atoms with Crippen LogP contribution in [-0.2, 0) is 19.1 Å². The molecule has 0 radical (unpaired) electrons. The van der Waals surface area contributed by atoms with Crippen molar-refractivity contribution in [1.82, 2.24) is 4.90 Å². The molecule has 1 aromatic carbocycles. The summed E-state index contributed by atoms with van der Waals surface area (Å²) < 4.78 is 6.34. The van der Waals surface area contributed by atoms with Crippen molar-refractivity contribution >= 4 is 51.0 Å². The van der Waals surface area contributed by atoms with Gasteiger partial charge in [0, 0.05) is 24.5 Å². The van der Waals surface area contributed by atoms with Gasteiger partial charge in [-0.25, -0.2) is 0 Å². The van der Waals surface area contributed by atoms with E-state index in [0.29, 0.717) is 36.5 Å². The topological polar surface area (TPSA) is 107 Å². The molecule has 4 rings (SSSR count). The van der Waals surface area contributed by atoms with Gasteiger partial charge in [-0.15, -0.1) is 6.58 Å². The van der Waals surface area contributed by atoms with E-state index in [9.17, 15) is 19.5 Å². The van der Waals surface area contributed by atoms with Crippen LogP contribution >= 0.6 is 27.5 Å². The number of aliphatic hydroxyl groups excluding tert-OH is 1. The van der Waals surface area contributed by atoms with Gasteiger partial charge in [0.1, 0.15) is 11.6 Å². The second-order valence-electron chi connectivity index (χ2n) is 9.81. The average molecular weight is 584 g/mol. The Labute approximate surface area is 224 Å². The zero-order valence-electron chi connectivity index (χ0n) is 20.2. The van der Waals surface area contributed by atoms with Gasteiger partial charge in [0.15, 0.2) is 0 Å². The maximum Gasteiger partial charge on any atom is 0.310 e. The number of likely N-dealkylation sites (tertiary alicyclic amines) is 1. The van der Waals surface area contributed by atoms with E-state index in [-0.39, 0.29) is 29.8 Å². The minimum Gasteiger partial charge on any atom is -0.481 e. The molecule has 2 bridgehead atoms. The van der Waals surface area contributed by atoms with Crippen LogP contribution in [-0.4, -0.2) is 75.2 Å². The van der Waals surface area contributed by atoms with Crippen LogP contribution in [0.5, 0.6) is 0 Å². The molecular formula is C26H32BrClN2O6. The molecule has 1 aromatic rings. The first-order valence-corrected chi connectivity index (χ1v) is 13.6. The van der Waals surface area contributed by atoms with Crippen molar-refractivity contribution in [3.8, 4) is 0 Å². The molecule has 0 aromatic heterocycles. The summed E-state index contributed by atoms with van der Waals surface area (Å²) in [5.41, 5.74) is 0.0949. The van der Waals surface area contributed by atoms with Crippen molar-refractivity contribution in [3.05, 3.63) is 41.4 Å². The molecule has 3 heterocycles. The van der Waals surface area contributed by atoms with Gasteiger partial charge in [-0.1, -0.05) is 58.6 Å². The van der Waals surface area contributed by atoms with Gasteiger partial charge < -0.3 is 24.7 Å². The molecule has 10 heteroatoms. The highest BCUT2D eigenvalue weighted by molar-refractivity contribution is 9.09. The molecular weight excluding hydrogens is 552 g/mol. The third kappa shape index (κ3) is 4.38. The van der Waals surface area contributed by atoms with Gasteiger partial charge in [0.05, 0.1) is 28.6 Å². The number of halogens is 2. The van der Waals surface area contributed by atoms with E-state index in [1.54, 1.807) is 18.2 Å². The summed E-state index contributed by atoms with van der Waals surface area (Å²) >= 11 is 10.1. The number of amides is 2. The number of carbonyl (C=O) groups is 3. The number of aryl methyl sites for hydroxylation is 1. The summed E-state index contributed by atoms with van der Waals surface area (Å²) in [4.78, 5) is 43.2. The Balaban J connectivity index is 1.76. The Morgan fingerprint density at radius 1 is 1.33 bits per heavy atom. The zero-order valence-corrected chi connectivity index (χ0v) is 22.6.